The Morgan fingerprint density at radius 1 is 1.26 bits per heavy atom. The number of aromatic nitrogens is 2. The van der Waals surface area contributed by atoms with Gasteiger partial charge in [0.15, 0.2) is 5.82 Å². The van der Waals surface area contributed by atoms with Crippen LogP contribution in [0.15, 0.2) is 36.5 Å². The Morgan fingerprint density at radius 3 is 2.59 bits per heavy atom. The van der Waals surface area contributed by atoms with Gasteiger partial charge >= 0.3 is 5.97 Å². The molecule has 0 bridgehead atoms. The zero-order valence-electron chi connectivity index (χ0n) is 16.4. The number of esters is 1. The summed E-state index contributed by atoms with van der Waals surface area (Å²) >= 11 is 0. The van der Waals surface area contributed by atoms with Gasteiger partial charge in [-0.2, -0.15) is 5.10 Å². The largest absolute Gasteiger partial charge is 0.462 e. The monoisotopic (exact) mass is 372 g/mol. The lowest BCUT2D eigenvalue weighted by atomic mass is 10.1. The van der Waals surface area contributed by atoms with E-state index in [9.17, 15) is 9.59 Å². The van der Waals surface area contributed by atoms with Gasteiger partial charge in [-0.1, -0.05) is 32.0 Å². The van der Waals surface area contributed by atoms with Crippen LogP contribution in [0, 0.1) is 5.92 Å². The number of ether oxygens (including phenoxy) is 1. The number of hydrogen-bond acceptors (Lipinski definition) is 5. The number of para-hydroxylation sites is 1. The third kappa shape index (κ3) is 5.92. The molecule has 0 unspecified atom stereocenters. The van der Waals surface area contributed by atoms with Crippen LogP contribution in [0.2, 0.25) is 0 Å². The average Bonchev–Trinajstić information content (AvgIpc) is 3.04. The van der Waals surface area contributed by atoms with Crippen LogP contribution in [0.4, 0.5) is 5.82 Å². The van der Waals surface area contributed by atoms with Crippen LogP contribution in [-0.2, 0) is 9.53 Å². The molecule has 0 fully saturated rings. The van der Waals surface area contributed by atoms with Gasteiger partial charge in [-0.25, -0.2) is 9.48 Å². The van der Waals surface area contributed by atoms with Crippen molar-refractivity contribution in [1.29, 1.82) is 0 Å². The minimum atomic E-state index is -0.511. The number of amides is 1. The highest BCUT2D eigenvalue weighted by Gasteiger charge is 2.21. The zero-order valence-corrected chi connectivity index (χ0v) is 16.4. The third-order valence-corrected chi connectivity index (χ3v) is 4.02. The SMILES string of the molecule is CCOC(=O)c1cnn(-c2ccccc2)c1NC(=O)CN(C)CCC(C)C. The smallest absolute Gasteiger partial charge is 0.343 e. The van der Waals surface area contributed by atoms with Gasteiger partial charge in [-0.05, 0) is 45.0 Å². The molecule has 0 saturated heterocycles. The number of nitrogens with zero attached hydrogens (tertiary/aromatic N) is 3. The summed E-state index contributed by atoms with van der Waals surface area (Å²) in [6.45, 7) is 7.35. The van der Waals surface area contributed by atoms with E-state index in [1.807, 2.05) is 42.3 Å². The van der Waals surface area contributed by atoms with Gasteiger partial charge in [0.05, 0.1) is 25.0 Å². The molecule has 1 amide bonds. The summed E-state index contributed by atoms with van der Waals surface area (Å²) in [5.74, 6) is 0.181. The van der Waals surface area contributed by atoms with Gasteiger partial charge in [0.2, 0.25) is 5.91 Å². The molecule has 27 heavy (non-hydrogen) atoms. The number of carbonyl (C=O) groups excluding carboxylic acids is 2. The van der Waals surface area contributed by atoms with Gasteiger partial charge in [0.1, 0.15) is 5.56 Å². The second-order valence-electron chi connectivity index (χ2n) is 6.84. The third-order valence-electron chi connectivity index (χ3n) is 4.02. The van der Waals surface area contributed by atoms with Gasteiger partial charge in [-0.15, -0.1) is 0 Å². The average molecular weight is 372 g/mol. The number of rotatable bonds is 9. The van der Waals surface area contributed by atoms with E-state index in [-0.39, 0.29) is 24.6 Å². The molecular formula is C20H28N4O3. The highest BCUT2D eigenvalue weighted by Crippen LogP contribution is 2.21. The summed E-state index contributed by atoms with van der Waals surface area (Å²) in [5, 5.41) is 7.10. The Kier molecular flexibility index (Phi) is 7.55. The molecule has 7 nitrogen and oxygen atoms in total. The normalized spacial score (nSPS) is 11.0. The molecule has 0 aliphatic carbocycles. The van der Waals surface area contributed by atoms with Crippen LogP contribution in [-0.4, -0.2) is 53.3 Å². The van der Waals surface area contributed by atoms with Crippen molar-refractivity contribution in [2.24, 2.45) is 5.92 Å². The minimum absolute atomic E-state index is 0.204. The van der Waals surface area contributed by atoms with Crippen LogP contribution in [0.1, 0.15) is 37.6 Å². The van der Waals surface area contributed by atoms with Gasteiger partial charge < -0.3 is 10.1 Å². The van der Waals surface area contributed by atoms with E-state index < -0.39 is 5.97 Å². The van der Waals surface area contributed by atoms with Crippen molar-refractivity contribution in [1.82, 2.24) is 14.7 Å². The van der Waals surface area contributed by atoms with E-state index in [1.165, 1.54) is 10.9 Å². The van der Waals surface area contributed by atoms with Crippen molar-refractivity contribution in [3.8, 4) is 5.69 Å². The molecule has 0 spiro atoms. The van der Waals surface area contributed by atoms with E-state index in [1.54, 1.807) is 6.92 Å². The highest BCUT2D eigenvalue weighted by molar-refractivity contribution is 6.01. The first kappa shape index (κ1) is 20.6. The first-order valence-electron chi connectivity index (χ1n) is 9.21. The molecular weight excluding hydrogens is 344 g/mol. The fraction of sp³-hybridized carbons (Fsp3) is 0.450. The molecule has 0 aliphatic rings. The highest BCUT2D eigenvalue weighted by atomic mass is 16.5. The molecule has 1 aromatic heterocycles. The predicted octanol–water partition coefficient (Wildman–Crippen LogP) is 2.97. The Bertz CT molecular complexity index is 756. The topological polar surface area (TPSA) is 76.5 Å². The number of benzene rings is 1. The number of hydrogen-bond donors (Lipinski definition) is 1. The Labute approximate surface area is 160 Å². The standard InChI is InChI=1S/C20H28N4O3/c1-5-27-20(26)17-13-21-24(16-9-7-6-8-10-16)19(17)22-18(25)14-23(4)12-11-15(2)3/h6-10,13,15H,5,11-12,14H2,1-4H3,(H,22,25). The summed E-state index contributed by atoms with van der Waals surface area (Å²) in [4.78, 5) is 26.8. The molecule has 1 aromatic carbocycles. The van der Waals surface area contributed by atoms with E-state index in [0.717, 1.165) is 18.7 Å². The van der Waals surface area contributed by atoms with Crippen molar-refractivity contribution in [2.75, 3.05) is 32.1 Å². The molecule has 0 aliphatic heterocycles. The van der Waals surface area contributed by atoms with E-state index >= 15 is 0 Å². The number of nitrogens with one attached hydrogen (secondary N) is 1. The fourth-order valence-electron chi connectivity index (χ4n) is 2.57. The molecule has 2 rings (SSSR count). The van der Waals surface area contributed by atoms with Crippen LogP contribution < -0.4 is 5.32 Å². The molecule has 0 radical (unpaired) electrons. The first-order chi connectivity index (χ1) is 12.9. The molecule has 1 heterocycles. The van der Waals surface area contributed by atoms with Crippen molar-refractivity contribution in [2.45, 2.75) is 27.2 Å². The number of anilines is 1. The fourth-order valence-corrected chi connectivity index (χ4v) is 2.57. The number of carbonyl (C=O) groups is 2. The van der Waals surface area contributed by atoms with Crippen molar-refractivity contribution >= 4 is 17.7 Å². The second kappa shape index (κ2) is 9.87. The van der Waals surface area contributed by atoms with Crippen molar-refractivity contribution in [3.05, 3.63) is 42.1 Å². The predicted molar refractivity (Wildman–Crippen MR) is 105 cm³/mol. The second-order valence-corrected chi connectivity index (χ2v) is 6.84. The zero-order chi connectivity index (χ0) is 19.8. The first-order valence-corrected chi connectivity index (χ1v) is 9.21. The molecule has 1 N–H and O–H groups in total. The summed E-state index contributed by atoms with van der Waals surface area (Å²) in [6.07, 6.45) is 2.43. The maximum atomic E-state index is 12.5. The molecule has 146 valence electrons. The lowest BCUT2D eigenvalue weighted by Crippen LogP contribution is -2.32. The van der Waals surface area contributed by atoms with E-state index in [2.05, 4.69) is 24.3 Å². The lowest BCUT2D eigenvalue weighted by molar-refractivity contribution is -0.117. The van der Waals surface area contributed by atoms with Crippen LogP contribution in [0.25, 0.3) is 5.69 Å². The Morgan fingerprint density at radius 2 is 1.96 bits per heavy atom. The maximum absolute atomic E-state index is 12.5. The van der Waals surface area contributed by atoms with Crippen LogP contribution in [0.3, 0.4) is 0 Å². The van der Waals surface area contributed by atoms with Crippen molar-refractivity contribution < 1.29 is 14.3 Å². The van der Waals surface area contributed by atoms with Crippen molar-refractivity contribution in [3.63, 3.8) is 0 Å². The van der Waals surface area contributed by atoms with Gasteiger partial charge in [0, 0.05) is 0 Å². The Hall–Kier alpha value is -2.67. The lowest BCUT2D eigenvalue weighted by Gasteiger charge is -2.18. The molecule has 2 aromatic rings. The minimum Gasteiger partial charge on any atom is -0.462 e. The maximum Gasteiger partial charge on any atom is 0.343 e. The summed E-state index contributed by atoms with van der Waals surface area (Å²) in [6, 6.07) is 9.33. The quantitative estimate of drug-likeness (QED) is 0.685. The molecule has 0 saturated carbocycles. The summed E-state index contributed by atoms with van der Waals surface area (Å²) in [7, 11) is 1.91. The summed E-state index contributed by atoms with van der Waals surface area (Å²) in [5.41, 5.74) is 0.982. The van der Waals surface area contributed by atoms with E-state index in [4.69, 9.17) is 4.74 Å². The van der Waals surface area contributed by atoms with Gasteiger partial charge in [-0.3, -0.25) is 9.69 Å². The molecule has 0 atom stereocenters. The van der Waals surface area contributed by atoms with Crippen LogP contribution in [0.5, 0.6) is 0 Å². The molecule has 7 heteroatoms. The summed E-state index contributed by atoms with van der Waals surface area (Å²) < 4.78 is 6.63. The number of likely N-dealkylation sites (N-methyl/N-ethyl adjacent to an activating group) is 1. The van der Waals surface area contributed by atoms with Gasteiger partial charge in [0.25, 0.3) is 0 Å². The van der Waals surface area contributed by atoms with E-state index in [0.29, 0.717) is 11.7 Å². The Balaban J connectivity index is 2.21. The van der Waals surface area contributed by atoms with Crippen LogP contribution >= 0.6 is 0 Å².